The molecule has 0 bridgehead atoms. The molecular weight excluding hydrogens is 318 g/mol. The first kappa shape index (κ1) is 16.6. The van der Waals surface area contributed by atoms with Crippen LogP contribution in [0.1, 0.15) is 26.7 Å². The van der Waals surface area contributed by atoms with Gasteiger partial charge in [0.25, 0.3) is 11.1 Å². The second-order valence-electron chi connectivity index (χ2n) is 4.62. The summed E-state index contributed by atoms with van der Waals surface area (Å²) < 4.78 is 5.52. The van der Waals surface area contributed by atoms with Crippen molar-refractivity contribution >= 4 is 29.0 Å². The zero-order chi connectivity index (χ0) is 16.0. The van der Waals surface area contributed by atoms with Gasteiger partial charge in [-0.3, -0.25) is 4.79 Å². The van der Waals surface area contributed by atoms with Crippen LogP contribution in [0.4, 0.5) is 0 Å². The highest BCUT2D eigenvalue weighted by atomic mass is 32.2. The lowest BCUT2D eigenvalue weighted by Gasteiger charge is -2.26. The van der Waals surface area contributed by atoms with Gasteiger partial charge < -0.3 is 9.73 Å². The Hall–Kier alpha value is -1.78. The molecule has 0 aliphatic rings. The summed E-state index contributed by atoms with van der Waals surface area (Å²) in [4.78, 5) is 12.9. The van der Waals surface area contributed by atoms with Gasteiger partial charge in [0.05, 0.1) is 10.6 Å². The average Bonchev–Trinajstić information content (AvgIpc) is 3.21. The van der Waals surface area contributed by atoms with E-state index in [-0.39, 0.29) is 11.7 Å². The molecule has 0 aliphatic heterocycles. The van der Waals surface area contributed by atoms with Crippen molar-refractivity contribution in [3.8, 4) is 23.1 Å². The van der Waals surface area contributed by atoms with E-state index in [4.69, 9.17) is 10.8 Å². The fraction of sp³-hybridized carbons (Fsp3) is 0.400. The highest BCUT2D eigenvalue weighted by Gasteiger charge is 2.25. The molecule has 0 aliphatic carbocycles. The number of hydrogen-bond donors (Lipinski definition) is 1. The minimum absolute atomic E-state index is 0.137. The Bertz CT molecular complexity index is 655. The van der Waals surface area contributed by atoms with Crippen LogP contribution in [0.15, 0.2) is 27.2 Å². The second kappa shape index (κ2) is 7.47. The number of carbonyl (C=O) groups excluding carboxylic acids is 1. The van der Waals surface area contributed by atoms with Crippen LogP contribution < -0.4 is 5.32 Å². The van der Waals surface area contributed by atoms with Crippen molar-refractivity contribution < 1.29 is 9.21 Å². The van der Waals surface area contributed by atoms with Crippen LogP contribution in [0.5, 0.6) is 0 Å². The molecule has 0 saturated heterocycles. The standard InChI is InChI=1S/C15H17N3O2S2/c1-4-15(5-2,6-3)16-12(19)10-22-14-18-17-13(20-14)11-8-7-9-21-11/h1,7-9H,5-6,10H2,2-3H3,(H,16,19). The summed E-state index contributed by atoms with van der Waals surface area (Å²) in [7, 11) is 0. The van der Waals surface area contributed by atoms with Crippen molar-refractivity contribution in [2.45, 2.75) is 37.5 Å². The monoisotopic (exact) mass is 335 g/mol. The smallest absolute Gasteiger partial charge is 0.277 e. The van der Waals surface area contributed by atoms with E-state index in [0.717, 1.165) is 4.88 Å². The number of rotatable bonds is 7. The molecule has 1 amide bonds. The molecule has 0 saturated carbocycles. The van der Waals surface area contributed by atoms with Gasteiger partial charge in [-0.25, -0.2) is 0 Å². The van der Waals surface area contributed by atoms with E-state index in [1.54, 1.807) is 0 Å². The topological polar surface area (TPSA) is 68.0 Å². The Morgan fingerprint density at radius 1 is 1.50 bits per heavy atom. The third kappa shape index (κ3) is 3.90. The maximum absolute atomic E-state index is 12.0. The quantitative estimate of drug-likeness (QED) is 0.621. The molecule has 2 heterocycles. The van der Waals surface area contributed by atoms with Crippen molar-refractivity contribution in [1.29, 1.82) is 0 Å². The molecule has 116 valence electrons. The van der Waals surface area contributed by atoms with Crippen LogP contribution in [0, 0.1) is 12.3 Å². The zero-order valence-electron chi connectivity index (χ0n) is 12.5. The Morgan fingerprint density at radius 3 is 2.86 bits per heavy atom. The van der Waals surface area contributed by atoms with Crippen molar-refractivity contribution in [2.24, 2.45) is 0 Å². The molecule has 0 spiro atoms. The van der Waals surface area contributed by atoms with Gasteiger partial charge in [-0.15, -0.1) is 28.0 Å². The summed E-state index contributed by atoms with van der Waals surface area (Å²) in [5.41, 5.74) is -0.575. The van der Waals surface area contributed by atoms with Gasteiger partial charge in [-0.05, 0) is 24.3 Å². The molecule has 7 heteroatoms. The highest BCUT2D eigenvalue weighted by Crippen LogP contribution is 2.26. The van der Waals surface area contributed by atoms with Gasteiger partial charge in [0, 0.05) is 0 Å². The number of nitrogens with zero attached hydrogens (tertiary/aromatic N) is 2. The van der Waals surface area contributed by atoms with Crippen LogP contribution in [0.25, 0.3) is 10.8 Å². The van der Waals surface area contributed by atoms with E-state index in [2.05, 4.69) is 21.4 Å². The predicted molar refractivity (Wildman–Crippen MR) is 88.6 cm³/mol. The van der Waals surface area contributed by atoms with Gasteiger partial charge in [-0.1, -0.05) is 37.6 Å². The molecule has 0 fully saturated rings. The number of hydrogen-bond acceptors (Lipinski definition) is 6. The van der Waals surface area contributed by atoms with Gasteiger partial charge >= 0.3 is 0 Å². The lowest BCUT2D eigenvalue weighted by Crippen LogP contribution is -2.47. The third-order valence-electron chi connectivity index (χ3n) is 3.33. The van der Waals surface area contributed by atoms with Gasteiger partial charge in [0.1, 0.15) is 5.54 Å². The van der Waals surface area contributed by atoms with Crippen molar-refractivity contribution in [2.75, 3.05) is 5.75 Å². The first-order valence-corrected chi connectivity index (χ1v) is 8.78. The fourth-order valence-electron chi connectivity index (χ4n) is 1.87. The summed E-state index contributed by atoms with van der Waals surface area (Å²) >= 11 is 2.73. The van der Waals surface area contributed by atoms with E-state index >= 15 is 0 Å². The largest absolute Gasteiger partial charge is 0.410 e. The lowest BCUT2D eigenvalue weighted by atomic mass is 9.94. The maximum atomic E-state index is 12.0. The Labute approximate surface area is 137 Å². The third-order valence-corrected chi connectivity index (χ3v) is 5.00. The minimum Gasteiger partial charge on any atom is -0.410 e. The second-order valence-corrected chi connectivity index (χ2v) is 6.50. The van der Waals surface area contributed by atoms with E-state index in [9.17, 15) is 4.79 Å². The first-order chi connectivity index (χ1) is 10.6. The molecule has 0 aromatic carbocycles. The number of terminal acetylenes is 1. The molecule has 1 N–H and O–H groups in total. The summed E-state index contributed by atoms with van der Waals surface area (Å²) in [6, 6.07) is 3.82. The number of nitrogens with one attached hydrogen (secondary N) is 1. The van der Waals surface area contributed by atoms with Crippen LogP contribution in [0.3, 0.4) is 0 Å². The average molecular weight is 335 g/mol. The Balaban J connectivity index is 1.91. The minimum atomic E-state index is -0.575. The fourth-order valence-corrected chi connectivity index (χ4v) is 3.07. The zero-order valence-corrected chi connectivity index (χ0v) is 14.1. The molecule has 2 rings (SSSR count). The number of aromatic nitrogens is 2. The Kier molecular flexibility index (Phi) is 5.63. The van der Waals surface area contributed by atoms with Crippen molar-refractivity contribution in [3.05, 3.63) is 17.5 Å². The van der Waals surface area contributed by atoms with Gasteiger partial charge in [0.15, 0.2) is 0 Å². The van der Waals surface area contributed by atoms with Crippen LogP contribution in [0.2, 0.25) is 0 Å². The van der Waals surface area contributed by atoms with Crippen LogP contribution in [-0.2, 0) is 4.79 Å². The number of thioether (sulfide) groups is 1. The molecule has 2 aromatic rings. The van der Waals surface area contributed by atoms with Gasteiger partial charge in [0.2, 0.25) is 5.91 Å². The SMILES string of the molecule is C#CC(CC)(CC)NC(=O)CSc1nnc(-c2cccs2)o1. The normalized spacial score (nSPS) is 11.1. The molecule has 5 nitrogen and oxygen atoms in total. The maximum Gasteiger partial charge on any atom is 0.277 e. The van der Waals surface area contributed by atoms with Crippen molar-refractivity contribution in [3.63, 3.8) is 0 Å². The number of amides is 1. The summed E-state index contributed by atoms with van der Waals surface area (Å²) in [5.74, 6) is 3.20. The van der Waals surface area contributed by atoms with E-state index in [1.807, 2.05) is 31.4 Å². The summed E-state index contributed by atoms with van der Waals surface area (Å²) in [6.45, 7) is 3.92. The molecule has 0 unspecified atom stereocenters. The Morgan fingerprint density at radius 2 is 2.27 bits per heavy atom. The predicted octanol–water partition coefficient (Wildman–Crippen LogP) is 3.20. The number of carbonyl (C=O) groups is 1. The lowest BCUT2D eigenvalue weighted by molar-refractivity contribution is -0.119. The van der Waals surface area contributed by atoms with E-state index in [1.165, 1.54) is 23.1 Å². The van der Waals surface area contributed by atoms with Crippen molar-refractivity contribution in [1.82, 2.24) is 15.5 Å². The van der Waals surface area contributed by atoms with Crippen LogP contribution >= 0.6 is 23.1 Å². The molecule has 2 aromatic heterocycles. The first-order valence-electron chi connectivity index (χ1n) is 6.91. The van der Waals surface area contributed by atoms with Crippen LogP contribution in [-0.4, -0.2) is 27.4 Å². The van der Waals surface area contributed by atoms with Gasteiger partial charge in [-0.2, -0.15) is 0 Å². The summed E-state index contributed by atoms with van der Waals surface area (Å²) in [6.07, 6.45) is 6.92. The molecule has 0 atom stereocenters. The number of thiophene rings is 1. The molecule has 0 radical (unpaired) electrons. The van der Waals surface area contributed by atoms with E-state index in [0.29, 0.717) is 24.0 Å². The highest BCUT2D eigenvalue weighted by molar-refractivity contribution is 7.99. The molecular formula is C15H17N3O2S2. The van der Waals surface area contributed by atoms with E-state index < -0.39 is 5.54 Å². The summed E-state index contributed by atoms with van der Waals surface area (Å²) in [5, 5.41) is 13.1. The molecule has 22 heavy (non-hydrogen) atoms.